The van der Waals surface area contributed by atoms with E-state index in [2.05, 4.69) is 15.9 Å². The van der Waals surface area contributed by atoms with Gasteiger partial charge in [0.25, 0.3) is 0 Å². The van der Waals surface area contributed by atoms with Crippen molar-refractivity contribution in [1.82, 2.24) is 0 Å². The summed E-state index contributed by atoms with van der Waals surface area (Å²) in [4.78, 5) is 10.8. The molecule has 1 aromatic carbocycles. The maximum Gasteiger partial charge on any atom is 0.321 e. The molecule has 0 fully saturated rings. The number of halogens is 1. The Morgan fingerprint density at radius 3 is 3.00 bits per heavy atom. The molecule has 4 heteroatoms. The predicted octanol–water partition coefficient (Wildman–Crippen LogP) is 1.89. The number of benzene rings is 1. The smallest absolute Gasteiger partial charge is 0.321 e. The van der Waals surface area contributed by atoms with E-state index in [1.54, 1.807) is 0 Å². The van der Waals surface area contributed by atoms with Crippen molar-refractivity contribution in [1.29, 1.82) is 0 Å². The average Bonchev–Trinajstić information content (AvgIpc) is 2.59. The van der Waals surface area contributed by atoms with Crippen molar-refractivity contribution in [3.63, 3.8) is 0 Å². The Kier molecular flexibility index (Phi) is 2.80. The fourth-order valence-electron chi connectivity index (χ4n) is 2.15. The van der Waals surface area contributed by atoms with Crippen LogP contribution in [0, 0.1) is 0 Å². The van der Waals surface area contributed by atoms with Crippen LogP contribution >= 0.6 is 15.9 Å². The number of carbonyl (C=O) groups is 1. The van der Waals surface area contributed by atoms with Gasteiger partial charge < -0.3 is 10.8 Å². The van der Waals surface area contributed by atoms with Crippen molar-refractivity contribution in [2.45, 2.75) is 24.8 Å². The lowest BCUT2D eigenvalue weighted by Gasteiger charge is -2.16. The van der Waals surface area contributed by atoms with Gasteiger partial charge in [-0.05, 0) is 36.1 Å². The monoisotopic (exact) mass is 269 g/mol. The van der Waals surface area contributed by atoms with E-state index >= 15 is 0 Å². The molecule has 0 amide bonds. The number of aryl methyl sites for hydroxylation is 1. The van der Waals surface area contributed by atoms with Crippen LogP contribution in [-0.4, -0.2) is 17.1 Å². The van der Waals surface area contributed by atoms with E-state index < -0.39 is 12.0 Å². The van der Waals surface area contributed by atoms with Crippen molar-refractivity contribution < 1.29 is 9.90 Å². The molecule has 1 aromatic rings. The topological polar surface area (TPSA) is 63.3 Å². The Bertz CT molecular complexity index is 406. The van der Waals surface area contributed by atoms with Gasteiger partial charge in [-0.2, -0.15) is 0 Å². The Hall–Kier alpha value is -0.870. The van der Waals surface area contributed by atoms with Crippen LogP contribution in [-0.2, 0) is 11.2 Å². The highest BCUT2D eigenvalue weighted by atomic mass is 79.9. The summed E-state index contributed by atoms with van der Waals surface area (Å²) in [7, 11) is 0. The third-order valence-corrected chi connectivity index (χ3v) is 3.44. The third kappa shape index (κ3) is 1.92. The van der Waals surface area contributed by atoms with Gasteiger partial charge in [0, 0.05) is 10.4 Å². The van der Waals surface area contributed by atoms with E-state index in [4.69, 9.17) is 10.8 Å². The van der Waals surface area contributed by atoms with E-state index in [1.807, 2.05) is 18.2 Å². The zero-order valence-corrected chi connectivity index (χ0v) is 9.70. The fraction of sp³-hybridized carbons (Fsp3) is 0.364. The zero-order valence-electron chi connectivity index (χ0n) is 8.11. The van der Waals surface area contributed by atoms with Crippen molar-refractivity contribution in [3.8, 4) is 0 Å². The molecule has 0 aromatic heterocycles. The molecule has 80 valence electrons. The molecule has 1 aliphatic carbocycles. The third-order valence-electron chi connectivity index (χ3n) is 2.95. The highest BCUT2D eigenvalue weighted by Gasteiger charge is 2.31. The largest absolute Gasteiger partial charge is 0.480 e. The molecule has 3 N–H and O–H groups in total. The molecule has 2 rings (SSSR count). The van der Waals surface area contributed by atoms with Crippen LogP contribution in [0.1, 0.15) is 23.5 Å². The Balaban J connectivity index is 2.35. The number of hydrogen-bond acceptors (Lipinski definition) is 2. The number of nitrogens with two attached hydrogens (primary N) is 1. The molecule has 0 saturated carbocycles. The van der Waals surface area contributed by atoms with Crippen molar-refractivity contribution in [2.24, 2.45) is 5.73 Å². The number of aliphatic carboxylic acids is 1. The second-order valence-electron chi connectivity index (χ2n) is 3.85. The fourth-order valence-corrected chi connectivity index (χ4v) is 2.53. The molecule has 0 aliphatic heterocycles. The van der Waals surface area contributed by atoms with Crippen molar-refractivity contribution >= 4 is 21.9 Å². The molecular weight excluding hydrogens is 258 g/mol. The summed E-state index contributed by atoms with van der Waals surface area (Å²) in [5.41, 5.74) is 7.98. The summed E-state index contributed by atoms with van der Waals surface area (Å²) in [6, 6.07) is 5.21. The first-order chi connectivity index (χ1) is 7.09. The first-order valence-corrected chi connectivity index (χ1v) is 5.65. The van der Waals surface area contributed by atoms with E-state index in [9.17, 15) is 4.79 Å². The van der Waals surface area contributed by atoms with Gasteiger partial charge in [0.05, 0.1) is 0 Å². The molecule has 0 spiro atoms. The van der Waals surface area contributed by atoms with Crippen LogP contribution in [0.25, 0.3) is 0 Å². The molecule has 1 aliphatic rings. The normalized spacial score (nSPS) is 21.1. The van der Waals surface area contributed by atoms with Crippen LogP contribution in [0.5, 0.6) is 0 Å². The maximum absolute atomic E-state index is 10.8. The van der Waals surface area contributed by atoms with Gasteiger partial charge in [0.15, 0.2) is 0 Å². The first-order valence-electron chi connectivity index (χ1n) is 4.86. The summed E-state index contributed by atoms with van der Waals surface area (Å²) in [5, 5.41) is 8.90. The SMILES string of the molecule is NC(C(=O)O)[C@H]1CCc2ccc(Br)cc21. The first kappa shape index (κ1) is 10.6. The van der Waals surface area contributed by atoms with Crippen LogP contribution in [0.4, 0.5) is 0 Å². The molecule has 3 nitrogen and oxygen atoms in total. The van der Waals surface area contributed by atoms with E-state index in [0.717, 1.165) is 22.9 Å². The van der Waals surface area contributed by atoms with Gasteiger partial charge in [0.1, 0.15) is 6.04 Å². The minimum Gasteiger partial charge on any atom is -0.480 e. The van der Waals surface area contributed by atoms with Crippen molar-refractivity contribution in [2.75, 3.05) is 0 Å². The summed E-state index contributed by atoms with van der Waals surface area (Å²) in [5.74, 6) is -0.970. The van der Waals surface area contributed by atoms with Gasteiger partial charge in [-0.3, -0.25) is 4.79 Å². The predicted molar refractivity (Wildman–Crippen MR) is 60.8 cm³/mol. The minimum absolute atomic E-state index is 0.0463. The van der Waals surface area contributed by atoms with Crippen LogP contribution in [0.15, 0.2) is 22.7 Å². The lowest BCUT2D eigenvalue weighted by Crippen LogP contribution is -2.35. The number of hydrogen-bond donors (Lipinski definition) is 2. The summed E-state index contributed by atoms with van der Waals surface area (Å²) in [6.45, 7) is 0. The van der Waals surface area contributed by atoms with E-state index in [0.29, 0.717) is 0 Å². The number of carboxylic acid groups (broad SMARTS) is 1. The highest BCUT2D eigenvalue weighted by molar-refractivity contribution is 9.10. The zero-order chi connectivity index (χ0) is 11.0. The molecule has 2 atom stereocenters. The Morgan fingerprint density at radius 1 is 1.60 bits per heavy atom. The van der Waals surface area contributed by atoms with Gasteiger partial charge in [-0.25, -0.2) is 0 Å². The van der Waals surface area contributed by atoms with Gasteiger partial charge in [-0.1, -0.05) is 22.0 Å². The van der Waals surface area contributed by atoms with Crippen molar-refractivity contribution in [3.05, 3.63) is 33.8 Å². The van der Waals surface area contributed by atoms with Crippen LogP contribution in [0.3, 0.4) is 0 Å². The molecule has 1 unspecified atom stereocenters. The summed E-state index contributed by atoms with van der Waals surface area (Å²) >= 11 is 3.39. The minimum atomic E-state index is -0.923. The number of rotatable bonds is 2. The van der Waals surface area contributed by atoms with E-state index in [-0.39, 0.29) is 5.92 Å². The quantitative estimate of drug-likeness (QED) is 0.862. The second kappa shape index (κ2) is 3.94. The van der Waals surface area contributed by atoms with Crippen LogP contribution < -0.4 is 5.73 Å². The Labute approximate surface area is 96.4 Å². The molecule has 15 heavy (non-hydrogen) atoms. The average molecular weight is 270 g/mol. The number of fused-ring (bicyclic) bond motifs is 1. The lowest BCUT2D eigenvalue weighted by molar-refractivity contribution is -0.139. The molecule has 0 bridgehead atoms. The van der Waals surface area contributed by atoms with Crippen LogP contribution in [0.2, 0.25) is 0 Å². The molecule has 0 heterocycles. The lowest BCUT2D eigenvalue weighted by atomic mass is 9.94. The highest BCUT2D eigenvalue weighted by Crippen LogP contribution is 2.36. The maximum atomic E-state index is 10.8. The molecular formula is C11H12BrNO2. The summed E-state index contributed by atoms with van der Waals surface area (Å²) < 4.78 is 0.978. The number of carboxylic acids is 1. The summed E-state index contributed by atoms with van der Waals surface area (Å²) in [6.07, 6.45) is 1.76. The standard InChI is InChI=1S/C11H12BrNO2/c12-7-3-1-6-2-4-8(9(6)5-7)10(13)11(14)15/h1,3,5,8,10H,2,4,13H2,(H,14,15)/t8-,10?/m0/s1. The van der Waals surface area contributed by atoms with Gasteiger partial charge in [0.2, 0.25) is 0 Å². The van der Waals surface area contributed by atoms with Gasteiger partial charge in [-0.15, -0.1) is 0 Å². The molecule has 0 radical (unpaired) electrons. The Morgan fingerprint density at radius 2 is 2.33 bits per heavy atom. The van der Waals surface area contributed by atoms with E-state index in [1.165, 1.54) is 5.56 Å². The molecule has 0 saturated heterocycles. The van der Waals surface area contributed by atoms with Gasteiger partial charge >= 0.3 is 5.97 Å². The second-order valence-corrected chi connectivity index (χ2v) is 4.77.